The second-order valence-corrected chi connectivity index (χ2v) is 10.3. The molecule has 6 nitrogen and oxygen atoms in total. The molecule has 1 atom stereocenters. The summed E-state index contributed by atoms with van der Waals surface area (Å²) in [5, 5.41) is 12.8. The zero-order valence-corrected chi connectivity index (χ0v) is 22.0. The number of fused-ring (bicyclic) bond motifs is 1. The molecule has 0 bridgehead atoms. The molecule has 0 radical (unpaired) electrons. The van der Waals surface area contributed by atoms with Gasteiger partial charge in [-0.3, -0.25) is 4.79 Å². The fourth-order valence-electron chi connectivity index (χ4n) is 4.15. The number of rotatable bonds is 6. The number of aromatic nitrogens is 3. The molecule has 3 aromatic carbocycles. The first kappa shape index (κ1) is 24.4. The molecule has 9 heteroatoms. The zero-order chi connectivity index (χ0) is 25.2. The largest absolute Gasteiger partial charge is 0.328 e. The molecule has 1 unspecified atom stereocenters. The van der Waals surface area contributed by atoms with Crippen LogP contribution in [0, 0.1) is 6.92 Å². The maximum absolute atomic E-state index is 13.5. The number of benzene rings is 3. The van der Waals surface area contributed by atoms with Crippen molar-refractivity contribution in [3.8, 4) is 0 Å². The summed E-state index contributed by atoms with van der Waals surface area (Å²) in [5.74, 6) is 1.07. The Kier molecular flexibility index (Phi) is 7.05. The van der Waals surface area contributed by atoms with Crippen molar-refractivity contribution in [2.24, 2.45) is 0 Å². The Bertz CT molecular complexity index is 1470. The smallest absolute Gasteiger partial charge is 0.255 e. The van der Waals surface area contributed by atoms with Crippen molar-refractivity contribution in [1.29, 1.82) is 0 Å². The van der Waals surface area contributed by atoms with E-state index in [4.69, 9.17) is 33.3 Å². The van der Waals surface area contributed by atoms with Gasteiger partial charge in [0.15, 0.2) is 0 Å². The van der Waals surface area contributed by atoms with Gasteiger partial charge in [0.2, 0.25) is 11.1 Å². The molecule has 0 aliphatic carbocycles. The Morgan fingerprint density at radius 3 is 2.56 bits per heavy atom. The number of nitrogens with one attached hydrogen (secondary N) is 2. The van der Waals surface area contributed by atoms with Crippen LogP contribution in [0.15, 0.2) is 89.2 Å². The summed E-state index contributed by atoms with van der Waals surface area (Å²) in [5.41, 5.74) is 5.12. The molecule has 0 saturated carbocycles. The maximum Gasteiger partial charge on any atom is 0.255 e. The van der Waals surface area contributed by atoms with Crippen molar-refractivity contribution in [3.05, 3.63) is 111 Å². The Morgan fingerprint density at radius 1 is 1.03 bits per heavy atom. The Hall–Kier alpha value is -3.26. The van der Waals surface area contributed by atoms with E-state index < -0.39 is 6.04 Å². The van der Waals surface area contributed by atoms with Gasteiger partial charge in [0.25, 0.3) is 5.91 Å². The molecule has 4 aromatic rings. The molecular formula is C27H23Cl2N5OS. The van der Waals surface area contributed by atoms with E-state index in [0.717, 1.165) is 11.3 Å². The van der Waals surface area contributed by atoms with Gasteiger partial charge in [-0.25, -0.2) is 4.68 Å². The van der Waals surface area contributed by atoms with E-state index in [1.807, 2.05) is 37.3 Å². The van der Waals surface area contributed by atoms with Crippen molar-refractivity contribution < 1.29 is 4.79 Å². The first-order valence-corrected chi connectivity index (χ1v) is 13.1. The summed E-state index contributed by atoms with van der Waals surface area (Å²) in [7, 11) is 0. The highest BCUT2D eigenvalue weighted by Gasteiger charge is 2.34. The van der Waals surface area contributed by atoms with Crippen molar-refractivity contribution in [3.63, 3.8) is 0 Å². The SMILES string of the molecule is CC1=C(C(=O)Nc2ccc(Cl)cc2)C(c2cccc(Cl)c2)n2nc(SCc3cccc(C)c3)nc2N1. The standard InChI is InChI=1S/C27H23Cl2N5OS/c1-16-5-3-6-18(13-16)15-36-27-32-26-30-17(2)23(25(35)31-22-11-9-20(28)10-12-22)24(34(26)33-27)19-7-4-8-21(29)14-19/h3-14,24H,15H2,1-2H3,(H,31,35)(H,30,32,33). The van der Waals surface area contributed by atoms with Crippen molar-refractivity contribution in [2.75, 3.05) is 10.6 Å². The summed E-state index contributed by atoms with van der Waals surface area (Å²) >= 11 is 13.9. The van der Waals surface area contributed by atoms with E-state index in [-0.39, 0.29) is 5.91 Å². The quantitative estimate of drug-likeness (QED) is 0.257. The topological polar surface area (TPSA) is 71.8 Å². The molecule has 1 aromatic heterocycles. The van der Waals surface area contributed by atoms with E-state index in [1.165, 1.54) is 11.1 Å². The molecule has 0 spiro atoms. The van der Waals surface area contributed by atoms with Gasteiger partial charge in [-0.1, -0.05) is 76.9 Å². The molecule has 1 aliphatic rings. The molecule has 1 amide bonds. The lowest BCUT2D eigenvalue weighted by Gasteiger charge is -2.28. The third-order valence-electron chi connectivity index (χ3n) is 5.79. The predicted octanol–water partition coefficient (Wildman–Crippen LogP) is 7.11. The molecular weight excluding hydrogens is 513 g/mol. The zero-order valence-electron chi connectivity index (χ0n) is 19.6. The van der Waals surface area contributed by atoms with E-state index in [2.05, 4.69) is 35.8 Å². The highest BCUT2D eigenvalue weighted by Crippen LogP contribution is 2.37. The molecule has 182 valence electrons. The Balaban J connectivity index is 1.48. The molecule has 36 heavy (non-hydrogen) atoms. The van der Waals surface area contributed by atoms with Crippen LogP contribution in [0.2, 0.25) is 10.0 Å². The van der Waals surface area contributed by atoms with Gasteiger partial charge < -0.3 is 10.6 Å². The Labute approximate surface area is 223 Å². The van der Waals surface area contributed by atoms with E-state index >= 15 is 0 Å². The van der Waals surface area contributed by atoms with Gasteiger partial charge >= 0.3 is 0 Å². The minimum Gasteiger partial charge on any atom is -0.328 e. The first-order chi connectivity index (χ1) is 17.4. The number of hydrogen-bond acceptors (Lipinski definition) is 5. The minimum absolute atomic E-state index is 0.248. The predicted molar refractivity (Wildman–Crippen MR) is 147 cm³/mol. The highest BCUT2D eigenvalue weighted by molar-refractivity contribution is 7.98. The van der Waals surface area contributed by atoms with Crippen LogP contribution in [-0.4, -0.2) is 20.7 Å². The van der Waals surface area contributed by atoms with Crippen molar-refractivity contribution >= 4 is 52.5 Å². The summed E-state index contributed by atoms with van der Waals surface area (Å²) in [6.07, 6.45) is 0. The maximum atomic E-state index is 13.5. The van der Waals surface area contributed by atoms with Crippen LogP contribution in [0.5, 0.6) is 0 Å². The summed E-state index contributed by atoms with van der Waals surface area (Å²) < 4.78 is 1.76. The molecule has 2 heterocycles. The van der Waals surface area contributed by atoms with E-state index in [1.54, 1.807) is 40.7 Å². The van der Waals surface area contributed by atoms with Gasteiger partial charge in [0, 0.05) is 27.2 Å². The van der Waals surface area contributed by atoms with E-state index in [9.17, 15) is 4.79 Å². The number of aryl methyl sites for hydroxylation is 1. The van der Waals surface area contributed by atoms with Crippen LogP contribution in [0.1, 0.15) is 29.7 Å². The summed E-state index contributed by atoms with van der Waals surface area (Å²) in [6.45, 7) is 3.94. The third-order valence-corrected chi connectivity index (χ3v) is 7.19. The average Bonchev–Trinajstić information content (AvgIpc) is 3.25. The normalized spacial score (nSPS) is 14.8. The second kappa shape index (κ2) is 10.4. The van der Waals surface area contributed by atoms with Gasteiger partial charge in [0.05, 0.1) is 5.57 Å². The van der Waals surface area contributed by atoms with Crippen molar-refractivity contribution in [1.82, 2.24) is 14.8 Å². The number of hydrogen-bond donors (Lipinski definition) is 2. The van der Waals surface area contributed by atoms with Crippen LogP contribution < -0.4 is 10.6 Å². The van der Waals surface area contributed by atoms with Crippen LogP contribution >= 0.6 is 35.0 Å². The van der Waals surface area contributed by atoms with Crippen LogP contribution in [0.25, 0.3) is 0 Å². The fraction of sp³-hybridized carbons (Fsp3) is 0.148. The number of nitrogens with zero attached hydrogens (tertiary/aromatic N) is 3. The van der Waals surface area contributed by atoms with Gasteiger partial charge in [0.1, 0.15) is 6.04 Å². The van der Waals surface area contributed by atoms with Gasteiger partial charge in [-0.05, 0) is 61.4 Å². The molecule has 1 aliphatic heterocycles. The molecule has 5 rings (SSSR count). The minimum atomic E-state index is -0.506. The average molecular weight is 536 g/mol. The number of amides is 1. The van der Waals surface area contributed by atoms with Crippen molar-refractivity contribution in [2.45, 2.75) is 30.8 Å². The lowest BCUT2D eigenvalue weighted by atomic mass is 9.95. The summed E-state index contributed by atoms with van der Waals surface area (Å²) in [4.78, 5) is 18.3. The second-order valence-electron chi connectivity index (χ2n) is 8.52. The number of thioether (sulfide) groups is 1. The fourth-order valence-corrected chi connectivity index (χ4v) is 5.25. The summed E-state index contributed by atoms with van der Waals surface area (Å²) in [6, 6.07) is 22.3. The number of carbonyl (C=O) groups excluding carboxylic acids is 1. The number of carbonyl (C=O) groups is 1. The van der Waals surface area contributed by atoms with Gasteiger partial charge in [-0.15, -0.1) is 5.10 Å². The Morgan fingerprint density at radius 2 is 1.81 bits per heavy atom. The lowest BCUT2D eigenvalue weighted by Crippen LogP contribution is -2.31. The monoisotopic (exact) mass is 535 g/mol. The third kappa shape index (κ3) is 5.28. The van der Waals surface area contributed by atoms with Crippen LogP contribution in [-0.2, 0) is 10.5 Å². The van der Waals surface area contributed by atoms with E-state index in [0.29, 0.717) is 38.1 Å². The first-order valence-electron chi connectivity index (χ1n) is 11.3. The molecule has 0 fully saturated rings. The highest BCUT2D eigenvalue weighted by atomic mass is 35.5. The molecule has 2 N–H and O–H groups in total. The number of halogens is 2. The molecule has 0 saturated heterocycles. The van der Waals surface area contributed by atoms with Gasteiger partial charge in [-0.2, -0.15) is 4.98 Å². The number of anilines is 2. The number of allylic oxidation sites excluding steroid dienone is 1. The van der Waals surface area contributed by atoms with Crippen LogP contribution in [0.3, 0.4) is 0 Å². The lowest BCUT2D eigenvalue weighted by molar-refractivity contribution is -0.113. The van der Waals surface area contributed by atoms with Crippen LogP contribution in [0.4, 0.5) is 11.6 Å².